The minimum atomic E-state index is 0.470. The molecule has 1 fully saturated rings. The summed E-state index contributed by atoms with van der Waals surface area (Å²) < 4.78 is 0. The summed E-state index contributed by atoms with van der Waals surface area (Å²) in [5.41, 5.74) is 0.470. The minimum Gasteiger partial charge on any atom is -0.314 e. The third-order valence-corrected chi connectivity index (χ3v) is 3.27. The van der Waals surface area contributed by atoms with Gasteiger partial charge in [0.05, 0.1) is 0 Å². The Balaban J connectivity index is 2.09. The van der Waals surface area contributed by atoms with E-state index in [0.717, 1.165) is 18.5 Å². The summed E-state index contributed by atoms with van der Waals surface area (Å²) >= 11 is 0. The van der Waals surface area contributed by atoms with E-state index in [2.05, 4.69) is 33.0 Å². The van der Waals surface area contributed by atoms with Gasteiger partial charge in [-0.1, -0.05) is 33.6 Å². The van der Waals surface area contributed by atoms with E-state index in [-0.39, 0.29) is 0 Å². The highest BCUT2D eigenvalue weighted by atomic mass is 14.9. The van der Waals surface area contributed by atoms with Crippen molar-refractivity contribution in [1.82, 2.24) is 5.32 Å². The Morgan fingerprint density at radius 1 is 1.38 bits per heavy atom. The molecule has 0 radical (unpaired) electrons. The van der Waals surface area contributed by atoms with Crippen molar-refractivity contribution >= 4 is 0 Å². The van der Waals surface area contributed by atoms with Gasteiger partial charge in [-0.05, 0) is 31.1 Å². The Kier molecular flexibility index (Phi) is 3.78. The molecule has 1 unspecified atom stereocenters. The van der Waals surface area contributed by atoms with Gasteiger partial charge in [-0.15, -0.1) is 0 Å². The first kappa shape index (κ1) is 11.0. The Labute approximate surface area is 83.3 Å². The molecule has 0 aromatic carbocycles. The smallest absolute Gasteiger partial charge is 0.00415 e. The van der Waals surface area contributed by atoms with E-state index in [1.54, 1.807) is 0 Å². The van der Waals surface area contributed by atoms with Crippen molar-refractivity contribution in [3.05, 3.63) is 0 Å². The Bertz CT molecular complexity index is 147. The van der Waals surface area contributed by atoms with Gasteiger partial charge in [-0.25, -0.2) is 0 Å². The molecule has 1 saturated carbocycles. The summed E-state index contributed by atoms with van der Waals surface area (Å²) in [7, 11) is 0. The van der Waals surface area contributed by atoms with Crippen LogP contribution < -0.4 is 5.32 Å². The molecular weight excluding hydrogens is 158 g/mol. The summed E-state index contributed by atoms with van der Waals surface area (Å²) in [4.78, 5) is 0. The van der Waals surface area contributed by atoms with E-state index < -0.39 is 0 Å². The van der Waals surface area contributed by atoms with E-state index in [0.29, 0.717) is 5.41 Å². The second kappa shape index (κ2) is 4.45. The lowest BCUT2D eigenvalue weighted by molar-refractivity contribution is 0.305. The molecular formula is C12H25N. The minimum absolute atomic E-state index is 0.470. The zero-order chi connectivity index (χ0) is 9.90. The molecule has 0 aromatic rings. The van der Waals surface area contributed by atoms with Crippen molar-refractivity contribution in [2.24, 2.45) is 11.3 Å². The first-order valence-electron chi connectivity index (χ1n) is 5.77. The van der Waals surface area contributed by atoms with Crippen LogP contribution in [0.2, 0.25) is 0 Å². The molecule has 0 saturated heterocycles. The largest absolute Gasteiger partial charge is 0.314 e. The predicted molar refractivity (Wildman–Crippen MR) is 58.9 cm³/mol. The van der Waals surface area contributed by atoms with Crippen molar-refractivity contribution in [2.45, 2.75) is 59.4 Å². The number of rotatable bonds is 6. The SMILES string of the molecule is CCC(C)(C)CNC(C)CC1CC1. The van der Waals surface area contributed by atoms with Gasteiger partial charge in [0, 0.05) is 12.6 Å². The van der Waals surface area contributed by atoms with Gasteiger partial charge in [0.25, 0.3) is 0 Å². The topological polar surface area (TPSA) is 12.0 Å². The fraction of sp³-hybridized carbons (Fsp3) is 1.00. The zero-order valence-corrected chi connectivity index (χ0v) is 9.69. The van der Waals surface area contributed by atoms with Crippen LogP contribution in [0.25, 0.3) is 0 Å². The molecule has 0 amide bonds. The Morgan fingerprint density at radius 3 is 2.46 bits per heavy atom. The molecule has 1 heteroatoms. The zero-order valence-electron chi connectivity index (χ0n) is 9.69. The van der Waals surface area contributed by atoms with Crippen LogP contribution in [0, 0.1) is 11.3 Å². The van der Waals surface area contributed by atoms with Gasteiger partial charge in [-0.2, -0.15) is 0 Å². The van der Waals surface area contributed by atoms with Crippen LogP contribution >= 0.6 is 0 Å². The number of nitrogens with one attached hydrogen (secondary N) is 1. The molecule has 0 heterocycles. The fourth-order valence-electron chi connectivity index (χ4n) is 1.51. The van der Waals surface area contributed by atoms with Crippen LogP contribution in [0.4, 0.5) is 0 Å². The lowest BCUT2D eigenvalue weighted by Crippen LogP contribution is -2.35. The van der Waals surface area contributed by atoms with Crippen molar-refractivity contribution in [2.75, 3.05) is 6.54 Å². The van der Waals surface area contributed by atoms with Crippen molar-refractivity contribution < 1.29 is 0 Å². The molecule has 0 bridgehead atoms. The third kappa shape index (κ3) is 4.66. The normalized spacial score (nSPS) is 20.3. The van der Waals surface area contributed by atoms with E-state index in [9.17, 15) is 0 Å². The second-order valence-electron chi connectivity index (χ2n) is 5.48. The summed E-state index contributed by atoms with van der Waals surface area (Å²) in [6.45, 7) is 10.4. The average Bonchev–Trinajstić information content (AvgIpc) is 2.85. The van der Waals surface area contributed by atoms with Gasteiger partial charge in [0.1, 0.15) is 0 Å². The molecule has 0 spiro atoms. The maximum absolute atomic E-state index is 3.65. The van der Waals surface area contributed by atoms with Gasteiger partial charge >= 0.3 is 0 Å². The fourth-order valence-corrected chi connectivity index (χ4v) is 1.51. The lowest BCUT2D eigenvalue weighted by atomic mass is 9.90. The molecule has 1 N–H and O–H groups in total. The van der Waals surface area contributed by atoms with Crippen LogP contribution in [0.15, 0.2) is 0 Å². The molecule has 0 aliphatic heterocycles. The van der Waals surface area contributed by atoms with E-state index in [4.69, 9.17) is 0 Å². The van der Waals surface area contributed by atoms with Gasteiger partial charge < -0.3 is 5.32 Å². The van der Waals surface area contributed by atoms with E-state index >= 15 is 0 Å². The van der Waals surface area contributed by atoms with Crippen LogP contribution in [-0.4, -0.2) is 12.6 Å². The molecule has 1 aliphatic rings. The summed E-state index contributed by atoms with van der Waals surface area (Å²) in [6, 6.07) is 0.721. The van der Waals surface area contributed by atoms with E-state index in [1.165, 1.54) is 25.7 Å². The van der Waals surface area contributed by atoms with Crippen LogP contribution in [0.3, 0.4) is 0 Å². The Morgan fingerprint density at radius 2 is 2.00 bits per heavy atom. The van der Waals surface area contributed by atoms with Crippen LogP contribution in [0.1, 0.15) is 53.4 Å². The predicted octanol–water partition coefficient (Wildman–Crippen LogP) is 3.20. The maximum Gasteiger partial charge on any atom is 0.00415 e. The second-order valence-corrected chi connectivity index (χ2v) is 5.48. The van der Waals surface area contributed by atoms with Gasteiger partial charge in [0.15, 0.2) is 0 Å². The summed E-state index contributed by atoms with van der Waals surface area (Å²) in [5, 5.41) is 3.65. The number of hydrogen-bond acceptors (Lipinski definition) is 1. The molecule has 1 nitrogen and oxygen atoms in total. The molecule has 1 atom stereocenters. The standard InChI is InChI=1S/C12H25N/c1-5-12(3,4)9-13-10(2)8-11-6-7-11/h10-11,13H,5-9H2,1-4H3. The summed E-state index contributed by atoms with van der Waals surface area (Å²) in [5.74, 6) is 1.05. The van der Waals surface area contributed by atoms with Crippen molar-refractivity contribution in [3.63, 3.8) is 0 Å². The molecule has 13 heavy (non-hydrogen) atoms. The highest BCUT2D eigenvalue weighted by Crippen LogP contribution is 2.33. The third-order valence-electron chi connectivity index (χ3n) is 3.27. The average molecular weight is 183 g/mol. The maximum atomic E-state index is 3.65. The summed E-state index contributed by atoms with van der Waals surface area (Å²) in [6.07, 6.45) is 5.60. The van der Waals surface area contributed by atoms with Crippen LogP contribution in [-0.2, 0) is 0 Å². The first-order valence-corrected chi connectivity index (χ1v) is 5.77. The van der Waals surface area contributed by atoms with Crippen LogP contribution in [0.5, 0.6) is 0 Å². The molecule has 0 aromatic heterocycles. The van der Waals surface area contributed by atoms with E-state index in [1.807, 2.05) is 0 Å². The highest BCUT2D eigenvalue weighted by Gasteiger charge is 2.24. The van der Waals surface area contributed by atoms with Crippen molar-refractivity contribution in [1.29, 1.82) is 0 Å². The highest BCUT2D eigenvalue weighted by molar-refractivity contribution is 4.79. The lowest BCUT2D eigenvalue weighted by Gasteiger charge is -2.25. The monoisotopic (exact) mass is 183 g/mol. The van der Waals surface area contributed by atoms with Crippen molar-refractivity contribution in [3.8, 4) is 0 Å². The number of hydrogen-bond donors (Lipinski definition) is 1. The Hall–Kier alpha value is -0.0400. The first-order chi connectivity index (χ1) is 6.03. The molecule has 1 aliphatic carbocycles. The van der Waals surface area contributed by atoms with Gasteiger partial charge in [0.2, 0.25) is 0 Å². The molecule has 78 valence electrons. The quantitative estimate of drug-likeness (QED) is 0.667. The van der Waals surface area contributed by atoms with Gasteiger partial charge in [-0.3, -0.25) is 0 Å². The molecule has 1 rings (SSSR count).